The molecule has 0 saturated carbocycles. The Morgan fingerprint density at radius 3 is 1.38 bits per heavy atom. The van der Waals surface area contributed by atoms with Gasteiger partial charge in [0.05, 0.1) is 4.08 Å². The summed E-state index contributed by atoms with van der Waals surface area (Å²) < 4.78 is 5.86. The average molecular weight is 615 g/mol. The highest BCUT2D eigenvalue weighted by atomic mass is 32.2. The maximum atomic E-state index is 12.8. The van der Waals surface area contributed by atoms with Crippen LogP contribution in [0.4, 0.5) is 0 Å². The van der Waals surface area contributed by atoms with Crippen LogP contribution in [0.5, 0.6) is 5.75 Å². The van der Waals surface area contributed by atoms with Crippen LogP contribution >= 0.6 is 23.5 Å². The molecule has 1 N–H and O–H groups in total. The Hall–Kier alpha value is -1.92. The van der Waals surface area contributed by atoms with Crippen molar-refractivity contribution in [2.45, 2.75) is 152 Å². The fourth-order valence-corrected chi connectivity index (χ4v) is 7.15. The van der Waals surface area contributed by atoms with Crippen LogP contribution in [0.25, 0.3) is 0 Å². The predicted octanol–water partition coefficient (Wildman–Crippen LogP) is 10.7. The molecule has 0 atom stereocenters. The van der Waals surface area contributed by atoms with Crippen molar-refractivity contribution in [1.29, 1.82) is 0 Å². The van der Waals surface area contributed by atoms with Gasteiger partial charge in [0, 0.05) is 33.8 Å². The molecule has 0 aromatic heterocycles. The number of rotatable bonds is 9. The third-order valence-corrected chi connectivity index (χ3v) is 9.46. The van der Waals surface area contributed by atoms with Gasteiger partial charge in [-0.2, -0.15) is 0 Å². The summed E-state index contributed by atoms with van der Waals surface area (Å²) in [6, 6.07) is 11.4. The van der Waals surface area contributed by atoms with Gasteiger partial charge in [-0.25, -0.2) is 0 Å². The Morgan fingerprint density at radius 2 is 1.02 bits per heavy atom. The van der Waals surface area contributed by atoms with Gasteiger partial charge in [-0.3, -0.25) is 9.59 Å². The summed E-state index contributed by atoms with van der Waals surface area (Å²) in [5, 5.41) is 8.98. The maximum Gasteiger partial charge on any atom is 0.311 e. The molecule has 0 saturated heterocycles. The number of benzene rings is 2. The van der Waals surface area contributed by atoms with Crippen LogP contribution < -0.4 is 4.74 Å². The topological polar surface area (TPSA) is 63.6 Å². The van der Waals surface area contributed by atoms with Crippen LogP contribution in [0.3, 0.4) is 0 Å². The van der Waals surface area contributed by atoms with Crippen molar-refractivity contribution in [2.75, 3.05) is 0 Å². The molecule has 0 radical (unpaired) electrons. The Kier molecular flexibility index (Phi) is 11.2. The molecule has 0 unspecified atom stereocenters. The van der Waals surface area contributed by atoms with Gasteiger partial charge in [0.25, 0.3) is 0 Å². The molecular formula is C36H54O4S2. The number of esters is 1. The molecule has 6 heteroatoms. The Bertz CT molecular complexity index is 1210. The molecule has 0 aliphatic carbocycles. The van der Waals surface area contributed by atoms with E-state index in [9.17, 15) is 9.59 Å². The Balaban J connectivity index is 2.54. The molecule has 2 aromatic carbocycles. The molecule has 0 amide bonds. The van der Waals surface area contributed by atoms with Crippen LogP contribution in [0.1, 0.15) is 138 Å². The fourth-order valence-electron chi connectivity index (χ4n) is 4.55. The van der Waals surface area contributed by atoms with Crippen molar-refractivity contribution >= 4 is 35.5 Å². The second-order valence-electron chi connectivity index (χ2n) is 15.9. The molecule has 0 aliphatic rings. The molecule has 2 aromatic rings. The van der Waals surface area contributed by atoms with Gasteiger partial charge >= 0.3 is 11.9 Å². The minimum Gasteiger partial charge on any atom is -0.481 e. The molecular weight excluding hydrogens is 561 g/mol. The first-order valence-corrected chi connectivity index (χ1v) is 16.6. The van der Waals surface area contributed by atoms with E-state index in [4.69, 9.17) is 9.84 Å². The summed E-state index contributed by atoms with van der Waals surface area (Å²) in [5.41, 5.74) is 4.22. The van der Waals surface area contributed by atoms with E-state index in [2.05, 4.69) is 127 Å². The molecule has 0 bridgehead atoms. The molecule has 42 heavy (non-hydrogen) atoms. The van der Waals surface area contributed by atoms with E-state index in [0.717, 1.165) is 16.0 Å². The van der Waals surface area contributed by atoms with Crippen molar-refractivity contribution < 1.29 is 19.4 Å². The van der Waals surface area contributed by atoms with Gasteiger partial charge in [0.1, 0.15) is 5.75 Å². The largest absolute Gasteiger partial charge is 0.481 e. The number of carbonyl (C=O) groups excluding carboxylic acids is 1. The van der Waals surface area contributed by atoms with Gasteiger partial charge in [-0.05, 0) is 77.3 Å². The zero-order chi connectivity index (χ0) is 32.5. The lowest BCUT2D eigenvalue weighted by molar-refractivity contribution is -0.137. The fraction of sp³-hybridized carbons (Fsp3) is 0.611. The smallest absolute Gasteiger partial charge is 0.311 e. The number of aliphatic carboxylic acids is 1. The minimum atomic E-state index is -0.907. The zero-order valence-corrected chi connectivity index (χ0v) is 30.1. The summed E-state index contributed by atoms with van der Waals surface area (Å²) in [6.45, 7) is 31.0. The first-order chi connectivity index (χ1) is 18.8. The van der Waals surface area contributed by atoms with Crippen molar-refractivity contribution in [3.05, 3.63) is 52.6 Å². The van der Waals surface area contributed by atoms with Crippen LogP contribution in [0, 0.1) is 0 Å². The van der Waals surface area contributed by atoms with E-state index in [1.807, 2.05) is 23.5 Å². The Labute approximate surface area is 264 Å². The number of carboxylic acid groups (broad SMARTS) is 1. The molecule has 0 heterocycles. The highest BCUT2D eigenvalue weighted by Crippen LogP contribution is 2.50. The van der Waals surface area contributed by atoms with Crippen molar-refractivity contribution in [1.82, 2.24) is 0 Å². The standard InChI is InChI=1S/C36H54O4S2/c1-32(2,3)23-18-24(33(4,5)6)20-25(19-23)41-36(13,14)42-26-21-27(34(7,8)9)31(28(22-26)35(10,11)12)40-30(39)17-15-16-29(37)38/h18-22H,15-17H2,1-14H3,(H,37,38). The number of carboxylic acids is 1. The Morgan fingerprint density at radius 1 is 0.619 bits per heavy atom. The zero-order valence-electron chi connectivity index (χ0n) is 28.5. The summed E-state index contributed by atoms with van der Waals surface area (Å²) in [7, 11) is 0. The van der Waals surface area contributed by atoms with E-state index in [1.54, 1.807) is 0 Å². The average Bonchev–Trinajstić information content (AvgIpc) is 2.76. The first-order valence-electron chi connectivity index (χ1n) is 15.0. The second kappa shape index (κ2) is 13.0. The molecule has 4 nitrogen and oxygen atoms in total. The number of carbonyl (C=O) groups is 2. The predicted molar refractivity (Wildman–Crippen MR) is 181 cm³/mol. The minimum absolute atomic E-state index is 0.0500. The summed E-state index contributed by atoms with van der Waals surface area (Å²) in [4.78, 5) is 26.2. The van der Waals surface area contributed by atoms with Gasteiger partial charge in [-0.15, -0.1) is 23.5 Å². The number of ether oxygens (including phenoxy) is 1. The third-order valence-electron chi connectivity index (χ3n) is 7.03. The van der Waals surface area contributed by atoms with E-state index in [1.165, 1.54) is 16.0 Å². The first kappa shape index (κ1) is 36.3. The van der Waals surface area contributed by atoms with Crippen molar-refractivity contribution in [2.24, 2.45) is 0 Å². The quantitative estimate of drug-likeness (QED) is 0.131. The van der Waals surface area contributed by atoms with E-state index >= 15 is 0 Å². The number of hydrogen-bond acceptors (Lipinski definition) is 5. The van der Waals surface area contributed by atoms with Crippen LogP contribution in [0.2, 0.25) is 0 Å². The summed E-state index contributed by atoms with van der Waals surface area (Å²) in [6.07, 6.45) is 0.284. The molecule has 0 fully saturated rings. The van der Waals surface area contributed by atoms with Crippen LogP contribution in [-0.2, 0) is 31.2 Å². The lowest BCUT2D eigenvalue weighted by Crippen LogP contribution is -2.22. The highest BCUT2D eigenvalue weighted by Gasteiger charge is 2.32. The maximum absolute atomic E-state index is 12.8. The van der Waals surface area contributed by atoms with E-state index in [-0.39, 0.29) is 45.0 Å². The van der Waals surface area contributed by atoms with Crippen molar-refractivity contribution in [3.63, 3.8) is 0 Å². The lowest BCUT2D eigenvalue weighted by Gasteiger charge is -2.32. The van der Waals surface area contributed by atoms with Gasteiger partial charge in [-0.1, -0.05) is 89.2 Å². The lowest BCUT2D eigenvalue weighted by atomic mass is 9.79. The SMILES string of the molecule is CC(C)(Sc1cc(C(C)(C)C)cc(C(C)(C)C)c1)Sc1cc(C(C)(C)C)c(OC(=O)CCCC(=O)O)c(C(C)(C)C)c1. The van der Waals surface area contributed by atoms with E-state index in [0.29, 0.717) is 5.75 Å². The van der Waals surface area contributed by atoms with Crippen LogP contribution in [0.15, 0.2) is 40.1 Å². The van der Waals surface area contributed by atoms with Gasteiger partial charge in [0.2, 0.25) is 0 Å². The molecule has 234 valence electrons. The van der Waals surface area contributed by atoms with E-state index < -0.39 is 11.9 Å². The monoisotopic (exact) mass is 614 g/mol. The molecule has 0 aliphatic heterocycles. The number of thioether (sulfide) groups is 2. The van der Waals surface area contributed by atoms with Crippen LogP contribution in [-0.4, -0.2) is 21.1 Å². The summed E-state index contributed by atoms with van der Waals surface area (Å²) in [5.74, 6) is -0.690. The van der Waals surface area contributed by atoms with Crippen molar-refractivity contribution in [3.8, 4) is 5.75 Å². The molecule has 2 rings (SSSR count). The number of hydrogen-bond donors (Lipinski definition) is 1. The highest BCUT2D eigenvalue weighted by molar-refractivity contribution is 8.18. The normalized spacial score (nSPS) is 13.3. The van der Waals surface area contributed by atoms with Gasteiger partial charge < -0.3 is 9.84 Å². The van der Waals surface area contributed by atoms with Gasteiger partial charge in [0.15, 0.2) is 0 Å². The summed E-state index contributed by atoms with van der Waals surface area (Å²) >= 11 is 3.71. The second-order valence-corrected chi connectivity index (χ2v) is 19.6. The molecule has 0 spiro atoms. The third kappa shape index (κ3) is 10.7.